The van der Waals surface area contributed by atoms with E-state index in [1.807, 2.05) is 6.92 Å². The molecule has 0 atom stereocenters. The van der Waals surface area contributed by atoms with Crippen LogP contribution in [0.1, 0.15) is 6.92 Å². The summed E-state index contributed by atoms with van der Waals surface area (Å²) >= 11 is 0. The second kappa shape index (κ2) is 15.2. The Bertz CT molecular complexity index is 275. The fourth-order valence-corrected chi connectivity index (χ4v) is 1.24. The third-order valence-corrected chi connectivity index (χ3v) is 2.23. The molecule has 2 N–H and O–H groups in total. The minimum atomic E-state index is -0.329. The maximum atomic E-state index is 11.3. The number of nitrogens with one attached hydrogen (secondary N) is 2. The van der Waals surface area contributed by atoms with Gasteiger partial charge in [-0.15, -0.1) is 0 Å². The van der Waals surface area contributed by atoms with Gasteiger partial charge in [0.2, 0.25) is 11.8 Å². The van der Waals surface area contributed by atoms with E-state index in [0.717, 1.165) is 0 Å². The Kier molecular flexibility index (Phi) is 14.3. The van der Waals surface area contributed by atoms with E-state index >= 15 is 0 Å². The number of carbonyl (C=O) groups is 2. The van der Waals surface area contributed by atoms with Crippen molar-refractivity contribution in [2.45, 2.75) is 6.92 Å². The summed E-state index contributed by atoms with van der Waals surface area (Å²) in [7, 11) is 1.61. The number of likely N-dealkylation sites (N-methyl/N-ethyl adjacent to an activating group) is 1. The molecule has 0 bridgehead atoms. The summed E-state index contributed by atoms with van der Waals surface area (Å²) in [6.07, 6.45) is 0. The third-order valence-electron chi connectivity index (χ3n) is 2.23. The van der Waals surface area contributed by atoms with Crippen molar-refractivity contribution >= 4 is 11.8 Å². The van der Waals surface area contributed by atoms with Crippen LogP contribution in [0.25, 0.3) is 0 Å². The van der Waals surface area contributed by atoms with Crippen LogP contribution in [0.3, 0.4) is 0 Å². The maximum absolute atomic E-state index is 11.3. The maximum Gasteiger partial charge on any atom is 0.246 e. The molecule has 0 aromatic carbocycles. The van der Waals surface area contributed by atoms with Gasteiger partial charge in [0.05, 0.1) is 46.2 Å². The lowest BCUT2D eigenvalue weighted by Gasteiger charge is -2.07. The number of ether oxygens (including phenoxy) is 4. The Morgan fingerprint density at radius 1 is 0.810 bits per heavy atom. The van der Waals surface area contributed by atoms with Gasteiger partial charge >= 0.3 is 0 Å². The van der Waals surface area contributed by atoms with Gasteiger partial charge < -0.3 is 29.6 Å². The Balaban J connectivity index is 3.23. The summed E-state index contributed by atoms with van der Waals surface area (Å²) in [6.45, 7) is 5.00. The van der Waals surface area contributed by atoms with Gasteiger partial charge in [0, 0.05) is 13.7 Å². The molecule has 0 aromatic rings. The first-order valence-electron chi connectivity index (χ1n) is 6.96. The van der Waals surface area contributed by atoms with Gasteiger partial charge in [-0.1, -0.05) is 0 Å². The molecule has 0 aliphatic heterocycles. The van der Waals surface area contributed by atoms with Crippen LogP contribution < -0.4 is 10.6 Å². The van der Waals surface area contributed by atoms with Gasteiger partial charge in [-0.2, -0.15) is 0 Å². The van der Waals surface area contributed by atoms with Crippen molar-refractivity contribution in [3.05, 3.63) is 0 Å². The lowest BCUT2D eigenvalue weighted by Crippen LogP contribution is -2.38. The largest absolute Gasteiger partial charge is 0.382 e. The SMILES string of the molecule is CCNC(=O)CNC(=O)COCCOCCOCCOC. The summed E-state index contributed by atoms with van der Waals surface area (Å²) in [4.78, 5) is 22.4. The fourth-order valence-electron chi connectivity index (χ4n) is 1.24. The van der Waals surface area contributed by atoms with Crippen LogP contribution in [0, 0.1) is 0 Å². The average molecular weight is 306 g/mol. The molecule has 0 unspecified atom stereocenters. The number of hydrogen-bond acceptors (Lipinski definition) is 6. The highest BCUT2D eigenvalue weighted by atomic mass is 16.6. The van der Waals surface area contributed by atoms with Crippen LogP contribution in [0.4, 0.5) is 0 Å². The first kappa shape index (κ1) is 19.8. The predicted molar refractivity (Wildman–Crippen MR) is 76.0 cm³/mol. The molecule has 0 rings (SSSR count). The van der Waals surface area contributed by atoms with Crippen LogP contribution in [-0.4, -0.2) is 78.3 Å². The standard InChI is InChI=1S/C13H26N2O6/c1-3-14-12(16)10-15-13(17)11-21-9-8-20-7-6-19-5-4-18-2/h3-11H2,1-2H3,(H,14,16)(H,15,17). The Labute approximate surface area is 125 Å². The van der Waals surface area contributed by atoms with Gasteiger partial charge in [0.15, 0.2) is 0 Å². The Morgan fingerprint density at radius 2 is 1.38 bits per heavy atom. The van der Waals surface area contributed by atoms with Crippen molar-refractivity contribution < 1.29 is 28.5 Å². The topological polar surface area (TPSA) is 95.1 Å². The smallest absolute Gasteiger partial charge is 0.246 e. The highest BCUT2D eigenvalue weighted by Gasteiger charge is 2.04. The van der Waals surface area contributed by atoms with Crippen LogP contribution in [0.5, 0.6) is 0 Å². The van der Waals surface area contributed by atoms with E-state index < -0.39 is 0 Å². The molecule has 0 saturated heterocycles. The first-order chi connectivity index (χ1) is 10.2. The zero-order valence-corrected chi connectivity index (χ0v) is 12.8. The number of rotatable bonds is 14. The number of hydrogen-bond donors (Lipinski definition) is 2. The van der Waals surface area contributed by atoms with E-state index in [9.17, 15) is 9.59 Å². The molecule has 2 amide bonds. The molecule has 0 aromatic heterocycles. The van der Waals surface area contributed by atoms with E-state index in [0.29, 0.717) is 46.2 Å². The van der Waals surface area contributed by atoms with E-state index in [2.05, 4.69) is 10.6 Å². The van der Waals surface area contributed by atoms with Gasteiger partial charge in [-0.25, -0.2) is 0 Å². The Hall–Kier alpha value is -1.22. The summed E-state index contributed by atoms with van der Waals surface area (Å²) in [5, 5.41) is 5.02. The lowest BCUT2D eigenvalue weighted by atomic mass is 10.5. The van der Waals surface area contributed by atoms with Crippen molar-refractivity contribution in [1.82, 2.24) is 10.6 Å². The fraction of sp³-hybridized carbons (Fsp3) is 0.846. The van der Waals surface area contributed by atoms with Crippen LogP contribution in [0.2, 0.25) is 0 Å². The monoisotopic (exact) mass is 306 g/mol. The van der Waals surface area contributed by atoms with Gasteiger partial charge in [-0.3, -0.25) is 9.59 Å². The molecule has 0 saturated carbocycles. The zero-order chi connectivity index (χ0) is 15.8. The van der Waals surface area contributed by atoms with Gasteiger partial charge in [0.1, 0.15) is 6.61 Å². The molecule has 0 fully saturated rings. The van der Waals surface area contributed by atoms with Crippen molar-refractivity contribution in [2.75, 3.05) is 66.4 Å². The van der Waals surface area contributed by atoms with Gasteiger partial charge in [-0.05, 0) is 6.92 Å². The summed E-state index contributed by atoms with van der Waals surface area (Å²) < 4.78 is 20.4. The minimum Gasteiger partial charge on any atom is -0.382 e. The molecule has 0 aliphatic rings. The summed E-state index contributed by atoms with van der Waals surface area (Å²) in [6, 6.07) is 0. The molecule has 8 heteroatoms. The van der Waals surface area contributed by atoms with Crippen LogP contribution in [-0.2, 0) is 28.5 Å². The molecular weight excluding hydrogens is 280 g/mol. The minimum absolute atomic E-state index is 0.0364. The first-order valence-corrected chi connectivity index (χ1v) is 6.96. The molecule has 21 heavy (non-hydrogen) atoms. The van der Waals surface area contributed by atoms with Gasteiger partial charge in [0.25, 0.3) is 0 Å². The molecule has 0 radical (unpaired) electrons. The highest BCUT2D eigenvalue weighted by Crippen LogP contribution is 1.82. The normalized spacial score (nSPS) is 10.4. The second-order valence-corrected chi connectivity index (χ2v) is 4.00. The molecule has 124 valence electrons. The number of methoxy groups -OCH3 is 1. The van der Waals surface area contributed by atoms with Crippen molar-refractivity contribution in [3.8, 4) is 0 Å². The number of amides is 2. The average Bonchev–Trinajstić information content (AvgIpc) is 2.47. The molecular formula is C13H26N2O6. The van der Waals surface area contributed by atoms with E-state index in [4.69, 9.17) is 18.9 Å². The predicted octanol–water partition coefficient (Wildman–Crippen LogP) is -1.07. The highest BCUT2D eigenvalue weighted by molar-refractivity contribution is 5.85. The Morgan fingerprint density at radius 3 is 1.95 bits per heavy atom. The molecule has 0 heterocycles. The van der Waals surface area contributed by atoms with Crippen LogP contribution in [0.15, 0.2) is 0 Å². The molecule has 0 spiro atoms. The summed E-state index contributed by atoms with van der Waals surface area (Å²) in [5.74, 6) is -0.549. The van der Waals surface area contributed by atoms with Crippen molar-refractivity contribution in [1.29, 1.82) is 0 Å². The quantitative estimate of drug-likeness (QED) is 0.397. The second-order valence-electron chi connectivity index (χ2n) is 4.00. The molecule has 0 aliphatic carbocycles. The zero-order valence-electron chi connectivity index (χ0n) is 12.8. The van der Waals surface area contributed by atoms with E-state index in [1.54, 1.807) is 7.11 Å². The number of carbonyl (C=O) groups excluding carboxylic acids is 2. The van der Waals surface area contributed by atoms with Crippen molar-refractivity contribution in [2.24, 2.45) is 0 Å². The van der Waals surface area contributed by atoms with Crippen LogP contribution >= 0.6 is 0 Å². The van der Waals surface area contributed by atoms with E-state index in [1.165, 1.54) is 0 Å². The van der Waals surface area contributed by atoms with E-state index in [-0.39, 0.29) is 25.0 Å². The summed E-state index contributed by atoms with van der Waals surface area (Å²) in [5.41, 5.74) is 0. The third kappa shape index (κ3) is 15.0. The lowest BCUT2D eigenvalue weighted by molar-refractivity contribution is -0.129. The molecule has 8 nitrogen and oxygen atoms in total. The van der Waals surface area contributed by atoms with Crippen molar-refractivity contribution in [3.63, 3.8) is 0 Å².